The molecule has 2 nitrogen and oxygen atoms in total. The molecule has 1 aliphatic heterocycles. The summed E-state index contributed by atoms with van der Waals surface area (Å²) >= 11 is 0. The van der Waals surface area contributed by atoms with E-state index in [0.717, 1.165) is 25.9 Å². The van der Waals surface area contributed by atoms with E-state index in [9.17, 15) is 9.50 Å². The van der Waals surface area contributed by atoms with Gasteiger partial charge in [-0.3, -0.25) is 0 Å². The van der Waals surface area contributed by atoms with Crippen molar-refractivity contribution in [3.8, 4) is 0 Å². The fourth-order valence-electron chi connectivity index (χ4n) is 2.28. The van der Waals surface area contributed by atoms with Gasteiger partial charge in [-0.25, -0.2) is 4.39 Å². The van der Waals surface area contributed by atoms with Crippen LogP contribution in [-0.4, -0.2) is 17.8 Å². The molecular weight excluding hydrogens is 219 g/mol. The summed E-state index contributed by atoms with van der Waals surface area (Å²) in [5.41, 5.74) is 0.392. The Morgan fingerprint density at radius 2 is 2.18 bits per heavy atom. The first-order valence-corrected chi connectivity index (χ1v) is 6.31. The lowest BCUT2D eigenvalue weighted by atomic mass is 9.99. The quantitative estimate of drug-likeness (QED) is 0.872. The third kappa shape index (κ3) is 3.51. The number of ether oxygens (including phenoxy) is 1. The van der Waals surface area contributed by atoms with Crippen LogP contribution in [0.2, 0.25) is 0 Å². The van der Waals surface area contributed by atoms with Gasteiger partial charge in [0.2, 0.25) is 0 Å². The number of hydrogen-bond donors (Lipinski definition) is 1. The fourth-order valence-corrected chi connectivity index (χ4v) is 2.28. The minimum atomic E-state index is -0.721. The average Bonchev–Trinajstić information content (AvgIpc) is 2.38. The summed E-state index contributed by atoms with van der Waals surface area (Å²) in [6.07, 6.45) is 4.27. The zero-order valence-electron chi connectivity index (χ0n) is 9.94. The van der Waals surface area contributed by atoms with Crippen molar-refractivity contribution < 1.29 is 14.2 Å². The van der Waals surface area contributed by atoms with Gasteiger partial charge in [0.15, 0.2) is 0 Å². The van der Waals surface area contributed by atoms with Gasteiger partial charge in [-0.1, -0.05) is 18.2 Å². The van der Waals surface area contributed by atoms with Crippen molar-refractivity contribution in [3.63, 3.8) is 0 Å². The number of aliphatic hydroxyl groups excluding tert-OH is 1. The van der Waals surface area contributed by atoms with Crippen molar-refractivity contribution in [2.75, 3.05) is 6.61 Å². The molecule has 1 N–H and O–H groups in total. The predicted molar refractivity (Wildman–Crippen MR) is 64.2 cm³/mol. The van der Waals surface area contributed by atoms with Crippen molar-refractivity contribution in [2.45, 2.75) is 44.3 Å². The van der Waals surface area contributed by atoms with Crippen molar-refractivity contribution in [1.29, 1.82) is 0 Å². The van der Waals surface area contributed by atoms with Crippen LogP contribution in [0.15, 0.2) is 24.3 Å². The molecule has 0 amide bonds. The molecule has 1 aromatic rings. The Balaban J connectivity index is 1.84. The van der Waals surface area contributed by atoms with Gasteiger partial charge in [0.05, 0.1) is 12.2 Å². The standard InChI is InChI=1S/C14H19FO2/c15-13-7-2-1-6-12(13)14(16)9-8-11-5-3-4-10-17-11/h1-2,6-7,11,14,16H,3-5,8-10H2. The van der Waals surface area contributed by atoms with E-state index in [4.69, 9.17) is 4.74 Å². The number of halogens is 1. The van der Waals surface area contributed by atoms with Crippen LogP contribution < -0.4 is 0 Å². The molecule has 1 heterocycles. The van der Waals surface area contributed by atoms with Crippen LogP contribution in [0.25, 0.3) is 0 Å². The van der Waals surface area contributed by atoms with Crippen molar-refractivity contribution >= 4 is 0 Å². The summed E-state index contributed by atoms with van der Waals surface area (Å²) in [5.74, 6) is -0.329. The van der Waals surface area contributed by atoms with E-state index in [2.05, 4.69) is 0 Å². The van der Waals surface area contributed by atoms with Gasteiger partial charge < -0.3 is 9.84 Å². The first-order chi connectivity index (χ1) is 8.27. The lowest BCUT2D eigenvalue weighted by Gasteiger charge is -2.23. The van der Waals surface area contributed by atoms with Gasteiger partial charge in [0, 0.05) is 12.2 Å². The van der Waals surface area contributed by atoms with Gasteiger partial charge in [-0.15, -0.1) is 0 Å². The molecule has 1 saturated heterocycles. The van der Waals surface area contributed by atoms with Crippen molar-refractivity contribution in [3.05, 3.63) is 35.6 Å². The molecule has 0 spiro atoms. The molecule has 17 heavy (non-hydrogen) atoms. The third-order valence-electron chi connectivity index (χ3n) is 3.30. The molecule has 0 bridgehead atoms. The van der Waals surface area contributed by atoms with Crippen LogP contribution in [0, 0.1) is 5.82 Å². The summed E-state index contributed by atoms with van der Waals surface area (Å²) in [4.78, 5) is 0. The van der Waals surface area contributed by atoms with E-state index in [1.54, 1.807) is 18.2 Å². The summed E-state index contributed by atoms with van der Waals surface area (Å²) in [5, 5.41) is 9.94. The number of benzene rings is 1. The fraction of sp³-hybridized carbons (Fsp3) is 0.571. The SMILES string of the molecule is OC(CCC1CCCCO1)c1ccccc1F. The topological polar surface area (TPSA) is 29.5 Å². The van der Waals surface area contributed by atoms with Crippen molar-refractivity contribution in [1.82, 2.24) is 0 Å². The summed E-state index contributed by atoms with van der Waals surface area (Å²) in [6.45, 7) is 0.820. The Morgan fingerprint density at radius 3 is 2.88 bits per heavy atom. The minimum Gasteiger partial charge on any atom is -0.388 e. The van der Waals surface area contributed by atoms with Crippen LogP contribution in [0.1, 0.15) is 43.8 Å². The molecular formula is C14H19FO2. The maximum atomic E-state index is 13.4. The molecule has 1 aromatic carbocycles. The molecule has 0 aromatic heterocycles. The molecule has 3 heteroatoms. The lowest BCUT2D eigenvalue weighted by molar-refractivity contribution is 0.00190. The van der Waals surface area contributed by atoms with Gasteiger partial charge in [-0.05, 0) is 38.2 Å². The molecule has 0 radical (unpaired) electrons. The monoisotopic (exact) mass is 238 g/mol. The molecule has 1 aliphatic rings. The predicted octanol–water partition coefficient (Wildman–Crippen LogP) is 3.21. The Labute approximate surface area is 101 Å². The smallest absolute Gasteiger partial charge is 0.128 e. The van der Waals surface area contributed by atoms with Gasteiger partial charge in [0.1, 0.15) is 5.82 Å². The van der Waals surface area contributed by atoms with E-state index >= 15 is 0 Å². The van der Waals surface area contributed by atoms with Crippen LogP contribution in [0.5, 0.6) is 0 Å². The van der Waals surface area contributed by atoms with Crippen molar-refractivity contribution in [2.24, 2.45) is 0 Å². The molecule has 0 aliphatic carbocycles. The minimum absolute atomic E-state index is 0.241. The summed E-state index contributed by atoms with van der Waals surface area (Å²) < 4.78 is 19.0. The number of aliphatic hydroxyl groups is 1. The second kappa shape index (κ2) is 6.12. The maximum absolute atomic E-state index is 13.4. The summed E-state index contributed by atoms with van der Waals surface area (Å²) in [6, 6.07) is 6.41. The largest absolute Gasteiger partial charge is 0.388 e. The Morgan fingerprint density at radius 1 is 1.35 bits per heavy atom. The van der Waals surface area contributed by atoms with E-state index in [1.807, 2.05) is 0 Å². The molecule has 94 valence electrons. The molecule has 2 rings (SSSR count). The average molecular weight is 238 g/mol. The first kappa shape index (κ1) is 12.5. The van der Waals surface area contributed by atoms with E-state index in [-0.39, 0.29) is 11.9 Å². The van der Waals surface area contributed by atoms with Gasteiger partial charge in [0.25, 0.3) is 0 Å². The highest BCUT2D eigenvalue weighted by molar-refractivity contribution is 5.19. The zero-order chi connectivity index (χ0) is 12.1. The second-order valence-electron chi connectivity index (χ2n) is 4.60. The van der Waals surface area contributed by atoms with Crippen LogP contribution in [-0.2, 0) is 4.74 Å². The Bertz CT molecular complexity index is 348. The zero-order valence-corrected chi connectivity index (χ0v) is 9.94. The Kier molecular flexibility index (Phi) is 4.51. The molecule has 2 unspecified atom stereocenters. The lowest BCUT2D eigenvalue weighted by Crippen LogP contribution is -2.19. The van der Waals surface area contributed by atoms with E-state index < -0.39 is 6.10 Å². The van der Waals surface area contributed by atoms with Crippen LogP contribution in [0.4, 0.5) is 4.39 Å². The van der Waals surface area contributed by atoms with Crippen LogP contribution >= 0.6 is 0 Å². The Hall–Kier alpha value is -0.930. The number of rotatable bonds is 4. The highest BCUT2D eigenvalue weighted by Gasteiger charge is 2.17. The highest BCUT2D eigenvalue weighted by Crippen LogP contribution is 2.25. The molecule has 1 fully saturated rings. The molecule has 2 atom stereocenters. The normalized spacial score (nSPS) is 22.4. The van der Waals surface area contributed by atoms with Gasteiger partial charge >= 0.3 is 0 Å². The summed E-state index contributed by atoms with van der Waals surface area (Å²) in [7, 11) is 0. The third-order valence-corrected chi connectivity index (χ3v) is 3.30. The number of hydrogen-bond acceptors (Lipinski definition) is 2. The molecule has 0 saturated carbocycles. The maximum Gasteiger partial charge on any atom is 0.128 e. The van der Waals surface area contributed by atoms with Crippen LogP contribution in [0.3, 0.4) is 0 Å². The van der Waals surface area contributed by atoms with E-state index in [1.165, 1.54) is 12.5 Å². The first-order valence-electron chi connectivity index (χ1n) is 6.31. The second-order valence-corrected chi connectivity index (χ2v) is 4.60. The van der Waals surface area contributed by atoms with E-state index in [0.29, 0.717) is 12.0 Å². The van der Waals surface area contributed by atoms with Gasteiger partial charge in [-0.2, -0.15) is 0 Å². The highest BCUT2D eigenvalue weighted by atomic mass is 19.1.